The lowest BCUT2D eigenvalue weighted by Gasteiger charge is -2.39. The first kappa shape index (κ1) is 17.0. The van der Waals surface area contributed by atoms with Crippen LogP contribution in [0.1, 0.15) is 12.0 Å². The number of ether oxygens (including phenoxy) is 2. The molecule has 0 aliphatic carbocycles. The zero-order chi connectivity index (χ0) is 17.6. The maximum absolute atomic E-state index is 12.3. The van der Waals surface area contributed by atoms with E-state index in [0.717, 1.165) is 17.1 Å². The normalized spacial score (nSPS) is 13.9. The number of anilines is 1. The number of hydrogen-bond donors (Lipinski definition) is 1. The van der Waals surface area contributed by atoms with Gasteiger partial charge in [0, 0.05) is 38.0 Å². The highest BCUT2D eigenvalue weighted by Crippen LogP contribution is 2.26. The number of likely N-dealkylation sites (tertiary alicyclic amines) is 1. The van der Waals surface area contributed by atoms with E-state index in [1.165, 1.54) is 0 Å². The van der Waals surface area contributed by atoms with Gasteiger partial charge in [0.25, 0.3) is 0 Å². The van der Waals surface area contributed by atoms with E-state index < -0.39 is 0 Å². The SMILES string of the molecule is COc1ccc(CCC(=O)N2CC(Nc3ncccn3)C2)c(OC)c1. The molecule has 1 fully saturated rings. The van der Waals surface area contributed by atoms with Gasteiger partial charge in [-0.25, -0.2) is 9.97 Å². The summed E-state index contributed by atoms with van der Waals surface area (Å²) in [5.41, 5.74) is 1.00. The third-order valence-electron chi connectivity index (χ3n) is 4.24. The van der Waals surface area contributed by atoms with Crippen LogP contribution >= 0.6 is 0 Å². The van der Waals surface area contributed by atoms with E-state index in [4.69, 9.17) is 9.47 Å². The summed E-state index contributed by atoms with van der Waals surface area (Å²) >= 11 is 0. The van der Waals surface area contributed by atoms with Crippen molar-refractivity contribution in [1.29, 1.82) is 0 Å². The number of benzene rings is 1. The molecule has 0 spiro atoms. The number of methoxy groups -OCH3 is 2. The van der Waals surface area contributed by atoms with Crippen LogP contribution < -0.4 is 14.8 Å². The smallest absolute Gasteiger partial charge is 0.223 e. The van der Waals surface area contributed by atoms with Gasteiger partial charge in [-0.3, -0.25) is 4.79 Å². The Labute approximate surface area is 147 Å². The van der Waals surface area contributed by atoms with Gasteiger partial charge in [-0.05, 0) is 24.1 Å². The fraction of sp³-hybridized carbons (Fsp3) is 0.389. The van der Waals surface area contributed by atoms with Gasteiger partial charge in [-0.2, -0.15) is 0 Å². The lowest BCUT2D eigenvalue weighted by molar-refractivity contribution is -0.135. The molecular weight excluding hydrogens is 320 g/mol. The second-order valence-corrected chi connectivity index (χ2v) is 5.89. The monoisotopic (exact) mass is 342 g/mol. The number of hydrogen-bond acceptors (Lipinski definition) is 6. The molecule has 7 nitrogen and oxygen atoms in total. The Balaban J connectivity index is 1.46. The van der Waals surface area contributed by atoms with Crippen molar-refractivity contribution in [3.8, 4) is 11.5 Å². The van der Waals surface area contributed by atoms with Crippen LogP contribution in [0.5, 0.6) is 11.5 Å². The van der Waals surface area contributed by atoms with Crippen molar-refractivity contribution in [2.75, 3.05) is 32.6 Å². The fourth-order valence-electron chi connectivity index (χ4n) is 2.79. The first-order valence-corrected chi connectivity index (χ1v) is 8.22. The molecule has 1 N–H and O–H groups in total. The van der Waals surface area contributed by atoms with Crippen molar-refractivity contribution < 1.29 is 14.3 Å². The Kier molecular flexibility index (Phi) is 5.33. The van der Waals surface area contributed by atoms with Gasteiger partial charge in [-0.1, -0.05) is 6.07 Å². The van der Waals surface area contributed by atoms with E-state index in [-0.39, 0.29) is 11.9 Å². The summed E-state index contributed by atoms with van der Waals surface area (Å²) in [7, 11) is 3.24. The second kappa shape index (κ2) is 7.83. The minimum Gasteiger partial charge on any atom is -0.497 e. The molecule has 1 aliphatic rings. The molecule has 25 heavy (non-hydrogen) atoms. The number of nitrogens with zero attached hydrogens (tertiary/aromatic N) is 3. The molecule has 0 saturated carbocycles. The first-order chi connectivity index (χ1) is 12.2. The summed E-state index contributed by atoms with van der Waals surface area (Å²) in [5.74, 6) is 2.23. The topological polar surface area (TPSA) is 76.6 Å². The van der Waals surface area contributed by atoms with E-state index in [0.29, 0.717) is 31.9 Å². The number of aromatic nitrogens is 2. The third-order valence-corrected chi connectivity index (χ3v) is 4.24. The van der Waals surface area contributed by atoms with Crippen LogP contribution in [0.3, 0.4) is 0 Å². The predicted octanol–water partition coefficient (Wildman–Crippen LogP) is 1.75. The number of amides is 1. The number of carbonyl (C=O) groups is 1. The molecule has 0 radical (unpaired) electrons. The Bertz CT molecular complexity index is 718. The van der Waals surface area contributed by atoms with Crippen LogP contribution in [0.25, 0.3) is 0 Å². The highest BCUT2D eigenvalue weighted by atomic mass is 16.5. The summed E-state index contributed by atoms with van der Waals surface area (Å²) < 4.78 is 10.6. The summed E-state index contributed by atoms with van der Waals surface area (Å²) in [6, 6.07) is 7.64. The van der Waals surface area contributed by atoms with E-state index in [1.807, 2.05) is 23.1 Å². The number of carbonyl (C=O) groups excluding carboxylic acids is 1. The minimum atomic E-state index is 0.143. The van der Waals surface area contributed by atoms with E-state index in [1.54, 1.807) is 32.7 Å². The molecule has 0 unspecified atom stereocenters. The molecule has 1 aliphatic heterocycles. The van der Waals surface area contributed by atoms with Crippen LogP contribution in [0.4, 0.5) is 5.95 Å². The Hall–Kier alpha value is -2.83. The zero-order valence-corrected chi connectivity index (χ0v) is 14.4. The summed E-state index contributed by atoms with van der Waals surface area (Å²) in [6.07, 6.45) is 4.48. The Morgan fingerprint density at radius 3 is 2.68 bits per heavy atom. The molecule has 0 bridgehead atoms. The van der Waals surface area contributed by atoms with E-state index in [2.05, 4.69) is 15.3 Å². The second-order valence-electron chi connectivity index (χ2n) is 5.89. The van der Waals surface area contributed by atoms with Crippen LogP contribution in [0, 0.1) is 0 Å². The van der Waals surface area contributed by atoms with Gasteiger partial charge in [0.2, 0.25) is 11.9 Å². The molecule has 3 rings (SSSR count). The minimum absolute atomic E-state index is 0.143. The average Bonchev–Trinajstić information content (AvgIpc) is 2.63. The van der Waals surface area contributed by atoms with Crippen molar-refractivity contribution in [1.82, 2.24) is 14.9 Å². The van der Waals surface area contributed by atoms with Crippen molar-refractivity contribution in [3.63, 3.8) is 0 Å². The van der Waals surface area contributed by atoms with Crippen LogP contribution in [-0.4, -0.2) is 54.1 Å². The highest BCUT2D eigenvalue weighted by molar-refractivity contribution is 5.77. The molecule has 1 aromatic heterocycles. The van der Waals surface area contributed by atoms with Gasteiger partial charge >= 0.3 is 0 Å². The molecule has 0 atom stereocenters. The van der Waals surface area contributed by atoms with Crippen molar-refractivity contribution >= 4 is 11.9 Å². The maximum Gasteiger partial charge on any atom is 0.223 e. The Morgan fingerprint density at radius 2 is 2.00 bits per heavy atom. The van der Waals surface area contributed by atoms with Gasteiger partial charge in [-0.15, -0.1) is 0 Å². The van der Waals surface area contributed by atoms with Gasteiger partial charge < -0.3 is 19.7 Å². The number of aryl methyl sites for hydroxylation is 1. The van der Waals surface area contributed by atoms with Gasteiger partial charge in [0.05, 0.1) is 20.3 Å². The highest BCUT2D eigenvalue weighted by Gasteiger charge is 2.30. The van der Waals surface area contributed by atoms with Crippen LogP contribution in [-0.2, 0) is 11.2 Å². The van der Waals surface area contributed by atoms with Gasteiger partial charge in [0.1, 0.15) is 11.5 Å². The van der Waals surface area contributed by atoms with Gasteiger partial charge in [0.15, 0.2) is 0 Å². The molecule has 1 aromatic carbocycles. The maximum atomic E-state index is 12.3. The molecule has 1 saturated heterocycles. The van der Waals surface area contributed by atoms with Crippen molar-refractivity contribution in [2.45, 2.75) is 18.9 Å². The summed E-state index contributed by atoms with van der Waals surface area (Å²) in [6.45, 7) is 1.35. The largest absolute Gasteiger partial charge is 0.497 e. The fourth-order valence-corrected chi connectivity index (χ4v) is 2.79. The third kappa shape index (κ3) is 4.17. The molecule has 7 heteroatoms. The average molecular weight is 342 g/mol. The molecule has 132 valence electrons. The Morgan fingerprint density at radius 1 is 1.24 bits per heavy atom. The number of nitrogens with one attached hydrogen (secondary N) is 1. The predicted molar refractivity (Wildman–Crippen MR) is 93.9 cm³/mol. The number of rotatable bonds is 7. The summed E-state index contributed by atoms with van der Waals surface area (Å²) in [5, 5.41) is 3.22. The van der Waals surface area contributed by atoms with Crippen LogP contribution in [0.15, 0.2) is 36.7 Å². The lowest BCUT2D eigenvalue weighted by Crippen LogP contribution is -2.57. The summed E-state index contributed by atoms with van der Waals surface area (Å²) in [4.78, 5) is 22.4. The quantitative estimate of drug-likeness (QED) is 0.826. The standard InChI is InChI=1S/C18H22N4O3/c1-24-15-6-4-13(16(10-15)25-2)5-7-17(23)22-11-14(12-22)21-18-19-8-3-9-20-18/h3-4,6,8-10,14H,5,7,11-12H2,1-2H3,(H,19,20,21). The lowest BCUT2D eigenvalue weighted by atomic mass is 10.0. The molecule has 2 heterocycles. The van der Waals surface area contributed by atoms with Crippen LogP contribution in [0.2, 0.25) is 0 Å². The van der Waals surface area contributed by atoms with E-state index in [9.17, 15) is 4.79 Å². The molecule has 1 amide bonds. The van der Waals surface area contributed by atoms with E-state index >= 15 is 0 Å². The molecular formula is C18H22N4O3. The first-order valence-electron chi connectivity index (χ1n) is 8.22. The molecule has 2 aromatic rings. The zero-order valence-electron chi connectivity index (χ0n) is 14.4. The van der Waals surface area contributed by atoms with Crippen molar-refractivity contribution in [3.05, 3.63) is 42.2 Å². The van der Waals surface area contributed by atoms with Crippen molar-refractivity contribution in [2.24, 2.45) is 0 Å².